The summed E-state index contributed by atoms with van der Waals surface area (Å²) in [6.07, 6.45) is 0. The van der Waals surface area contributed by atoms with Gasteiger partial charge in [0, 0.05) is 11.1 Å². The molecule has 2 N–H and O–H groups in total. The van der Waals surface area contributed by atoms with Gasteiger partial charge in [0.25, 0.3) is 5.91 Å². The van der Waals surface area contributed by atoms with E-state index in [4.69, 9.17) is 0 Å². The average Bonchev–Trinajstić information content (AvgIpc) is 3.23. The molecule has 144 valence electrons. The number of nitrogens with one attached hydrogen (secondary N) is 2. The molecule has 0 aliphatic rings. The molecule has 5 rings (SSSR count). The van der Waals surface area contributed by atoms with Crippen molar-refractivity contribution < 1.29 is 4.79 Å². The fourth-order valence-electron chi connectivity index (χ4n) is 3.57. The molecule has 1 aromatic heterocycles. The molecule has 0 fully saturated rings. The molecule has 4 aromatic carbocycles. The van der Waals surface area contributed by atoms with E-state index >= 15 is 0 Å². The van der Waals surface area contributed by atoms with Crippen molar-refractivity contribution in [3.8, 4) is 22.3 Å². The highest BCUT2D eigenvalue weighted by atomic mass is 16.1. The Hall–Kier alpha value is -4.18. The number of carbonyl (C=O) groups excluding carboxylic acids is 1. The Kier molecular flexibility index (Phi) is 4.58. The number of H-pyrrole nitrogens is 1. The van der Waals surface area contributed by atoms with Gasteiger partial charge in [-0.3, -0.25) is 10.1 Å². The highest BCUT2D eigenvalue weighted by Gasteiger charge is 2.12. The summed E-state index contributed by atoms with van der Waals surface area (Å²) in [5.41, 5.74) is 6.60. The summed E-state index contributed by atoms with van der Waals surface area (Å²) in [6.45, 7) is 0. The first-order chi connectivity index (χ1) is 14.8. The minimum absolute atomic E-state index is 0.199. The van der Waals surface area contributed by atoms with Crippen LogP contribution in [0.1, 0.15) is 10.4 Å². The summed E-state index contributed by atoms with van der Waals surface area (Å²) in [5.74, 6) is 0.237. The summed E-state index contributed by atoms with van der Waals surface area (Å²) in [4.78, 5) is 20.6. The predicted octanol–water partition coefficient (Wildman–Crippen LogP) is 6.15. The van der Waals surface area contributed by atoms with Crippen molar-refractivity contribution >= 4 is 22.9 Å². The van der Waals surface area contributed by atoms with E-state index in [-0.39, 0.29) is 5.91 Å². The lowest BCUT2D eigenvalue weighted by atomic mass is 10.0. The summed E-state index contributed by atoms with van der Waals surface area (Å²) < 4.78 is 0. The topological polar surface area (TPSA) is 57.8 Å². The first kappa shape index (κ1) is 17.9. The molecule has 0 saturated heterocycles. The van der Waals surface area contributed by atoms with Crippen LogP contribution in [-0.2, 0) is 0 Å². The van der Waals surface area contributed by atoms with Gasteiger partial charge < -0.3 is 4.98 Å². The molecule has 0 atom stereocenters. The van der Waals surface area contributed by atoms with Crippen molar-refractivity contribution in [2.45, 2.75) is 0 Å². The molecule has 0 aliphatic carbocycles. The van der Waals surface area contributed by atoms with Crippen molar-refractivity contribution in [3.05, 3.63) is 109 Å². The van der Waals surface area contributed by atoms with Gasteiger partial charge in [-0.15, -0.1) is 0 Å². The Morgan fingerprint density at radius 1 is 0.667 bits per heavy atom. The first-order valence-electron chi connectivity index (χ1n) is 9.79. The minimum atomic E-state index is -0.199. The first-order valence-corrected chi connectivity index (χ1v) is 9.79. The third-order valence-electron chi connectivity index (χ3n) is 5.08. The lowest BCUT2D eigenvalue weighted by Crippen LogP contribution is -2.12. The van der Waals surface area contributed by atoms with Crippen LogP contribution in [-0.4, -0.2) is 15.9 Å². The number of aromatic nitrogens is 2. The van der Waals surface area contributed by atoms with Crippen molar-refractivity contribution in [3.63, 3.8) is 0 Å². The number of hydrogen-bond donors (Lipinski definition) is 2. The molecule has 4 nitrogen and oxygen atoms in total. The van der Waals surface area contributed by atoms with Crippen molar-refractivity contribution in [2.75, 3.05) is 5.32 Å². The summed E-state index contributed by atoms with van der Waals surface area (Å²) in [5, 5.41) is 2.88. The smallest absolute Gasteiger partial charge is 0.257 e. The molecule has 0 radical (unpaired) electrons. The quantitative estimate of drug-likeness (QED) is 0.387. The number of imidazole rings is 1. The molecule has 0 saturated carbocycles. The number of benzene rings is 4. The fourth-order valence-corrected chi connectivity index (χ4v) is 3.57. The second-order valence-electron chi connectivity index (χ2n) is 7.05. The van der Waals surface area contributed by atoms with Gasteiger partial charge in [0.15, 0.2) is 0 Å². The van der Waals surface area contributed by atoms with Gasteiger partial charge in [-0.2, -0.15) is 0 Å². The van der Waals surface area contributed by atoms with Crippen LogP contribution in [0, 0.1) is 0 Å². The fraction of sp³-hybridized carbons (Fsp3) is 0. The molecular formula is C26H19N3O. The van der Waals surface area contributed by atoms with Gasteiger partial charge in [0.1, 0.15) is 0 Å². The Morgan fingerprint density at radius 2 is 1.30 bits per heavy atom. The maximum atomic E-state index is 12.7. The Labute approximate surface area is 174 Å². The number of nitrogens with zero attached hydrogens (tertiary/aromatic N) is 1. The standard InChI is InChI=1S/C26H19N3O/c30-25(21-16-14-19(15-17-21)18-8-3-1-4-9-18)29-26-27-23-13-7-12-22(24(23)28-26)20-10-5-2-6-11-20/h1-17H,(H2,27,28,29,30). The molecule has 30 heavy (non-hydrogen) atoms. The molecule has 0 bridgehead atoms. The van der Waals surface area contributed by atoms with Crippen LogP contribution in [0.25, 0.3) is 33.3 Å². The van der Waals surface area contributed by atoms with Gasteiger partial charge in [-0.25, -0.2) is 4.98 Å². The number of rotatable bonds is 4. The summed E-state index contributed by atoms with van der Waals surface area (Å²) in [6, 6.07) is 33.7. The number of anilines is 1. The van der Waals surface area contributed by atoms with E-state index in [9.17, 15) is 4.79 Å². The van der Waals surface area contributed by atoms with E-state index in [2.05, 4.69) is 27.4 Å². The largest absolute Gasteiger partial charge is 0.324 e. The third kappa shape index (κ3) is 3.47. The third-order valence-corrected chi connectivity index (χ3v) is 5.08. The van der Waals surface area contributed by atoms with E-state index in [0.717, 1.165) is 33.3 Å². The number of amides is 1. The van der Waals surface area contributed by atoms with Crippen LogP contribution < -0.4 is 5.32 Å². The molecule has 0 spiro atoms. The van der Waals surface area contributed by atoms with E-state index < -0.39 is 0 Å². The zero-order chi connectivity index (χ0) is 20.3. The highest BCUT2D eigenvalue weighted by Crippen LogP contribution is 2.28. The number of hydrogen-bond acceptors (Lipinski definition) is 2. The number of para-hydroxylation sites is 1. The Bertz CT molecular complexity index is 1310. The molecule has 4 heteroatoms. The molecule has 1 amide bonds. The van der Waals surface area contributed by atoms with E-state index in [1.165, 1.54) is 0 Å². The summed E-state index contributed by atoms with van der Waals surface area (Å²) in [7, 11) is 0. The van der Waals surface area contributed by atoms with E-state index in [0.29, 0.717) is 11.5 Å². The van der Waals surface area contributed by atoms with Gasteiger partial charge >= 0.3 is 0 Å². The van der Waals surface area contributed by atoms with Crippen LogP contribution in [0.5, 0.6) is 0 Å². The SMILES string of the molecule is O=C(Nc1nc2c(-c3ccccc3)cccc2[nH]1)c1ccc(-c2ccccc2)cc1. The van der Waals surface area contributed by atoms with Crippen LogP contribution in [0.2, 0.25) is 0 Å². The van der Waals surface area contributed by atoms with Crippen molar-refractivity contribution in [1.82, 2.24) is 9.97 Å². The number of carbonyl (C=O) groups is 1. The predicted molar refractivity (Wildman–Crippen MR) is 121 cm³/mol. The van der Waals surface area contributed by atoms with Crippen LogP contribution in [0.4, 0.5) is 5.95 Å². The van der Waals surface area contributed by atoms with Gasteiger partial charge in [-0.1, -0.05) is 84.9 Å². The van der Waals surface area contributed by atoms with E-state index in [1.54, 1.807) is 0 Å². The zero-order valence-corrected chi connectivity index (χ0v) is 16.2. The van der Waals surface area contributed by atoms with Crippen LogP contribution in [0.3, 0.4) is 0 Å². The maximum Gasteiger partial charge on any atom is 0.257 e. The van der Waals surface area contributed by atoms with Crippen LogP contribution in [0.15, 0.2) is 103 Å². The molecule has 0 unspecified atom stereocenters. The average molecular weight is 389 g/mol. The normalized spacial score (nSPS) is 10.8. The van der Waals surface area contributed by atoms with Crippen molar-refractivity contribution in [1.29, 1.82) is 0 Å². The van der Waals surface area contributed by atoms with Gasteiger partial charge in [0.2, 0.25) is 5.95 Å². The minimum Gasteiger partial charge on any atom is -0.324 e. The molecular weight excluding hydrogens is 370 g/mol. The molecule has 5 aromatic rings. The lowest BCUT2D eigenvalue weighted by Gasteiger charge is -2.04. The Morgan fingerprint density at radius 3 is 2.00 bits per heavy atom. The lowest BCUT2D eigenvalue weighted by molar-refractivity contribution is 0.102. The molecule has 0 aliphatic heterocycles. The van der Waals surface area contributed by atoms with E-state index in [1.807, 2.05) is 91.0 Å². The Balaban J connectivity index is 1.40. The van der Waals surface area contributed by atoms with Crippen molar-refractivity contribution in [2.24, 2.45) is 0 Å². The molecule has 1 heterocycles. The zero-order valence-electron chi connectivity index (χ0n) is 16.2. The second-order valence-corrected chi connectivity index (χ2v) is 7.05. The number of aromatic amines is 1. The van der Waals surface area contributed by atoms with Gasteiger partial charge in [-0.05, 0) is 34.9 Å². The highest BCUT2D eigenvalue weighted by molar-refractivity contribution is 6.04. The second kappa shape index (κ2) is 7.68. The number of fused-ring (bicyclic) bond motifs is 1. The maximum absolute atomic E-state index is 12.7. The summed E-state index contributed by atoms with van der Waals surface area (Å²) >= 11 is 0. The van der Waals surface area contributed by atoms with Crippen LogP contribution >= 0.6 is 0 Å². The monoisotopic (exact) mass is 389 g/mol. The van der Waals surface area contributed by atoms with Gasteiger partial charge in [0.05, 0.1) is 11.0 Å².